The van der Waals surface area contributed by atoms with Crippen LogP contribution in [0.1, 0.15) is 56.2 Å². The molecule has 32 heavy (non-hydrogen) atoms. The van der Waals surface area contributed by atoms with Gasteiger partial charge in [-0.15, -0.1) is 0 Å². The van der Waals surface area contributed by atoms with Crippen molar-refractivity contribution >= 4 is 22.9 Å². The quantitative estimate of drug-likeness (QED) is 0.391. The first-order chi connectivity index (χ1) is 15.5. The maximum atomic E-state index is 12.5. The fraction of sp³-hybridized carbons (Fsp3) is 0.320. The van der Waals surface area contributed by atoms with E-state index >= 15 is 0 Å². The molecule has 0 radical (unpaired) electrons. The van der Waals surface area contributed by atoms with Crippen LogP contribution in [-0.2, 0) is 6.42 Å². The van der Waals surface area contributed by atoms with Crippen molar-refractivity contribution < 1.29 is 14.3 Å². The van der Waals surface area contributed by atoms with Crippen molar-refractivity contribution in [2.75, 3.05) is 19.5 Å². The van der Waals surface area contributed by atoms with Gasteiger partial charge in [0.15, 0.2) is 11.5 Å². The van der Waals surface area contributed by atoms with Crippen molar-refractivity contribution in [3.05, 3.63) is 52.9 Å². The minimum atomic E-state index is -0.290. The van der Waals surface area contributed by atoms with E-state index in [2.05, 4.69) is 28.6 Å². The van der Waals surface area contributed by atoms with Crippen LogP contribution in [0.25, 0.3) is 5.57 Å². The van der Waals surface area contributed by atoms with Crippen LogP contribution in [0.3, 0.4) is 0 Å². The number of amides is 1. The first-order valence-corrected chi connectivity index (χ1v) is 10.6. The zero-order valence-electron chi connectivity index (χ0n) is 19.7. The fourth-order valence-corrected chi connectivity index (χ4v) is 3.23. The summed E-state index contributed by atoms with van der Waals surface area (Å²) in [7, 11) is 3.15. The Bertz CT molecular complexity index is 1110. The van der Waals surface area contributed by atoms with Crippen molar-refractivity contribution in [3.63, 3.8) is 0 Å². The zero-order chi connectivity index (χ0) is 23.8. The number of rotatable bonds is 5. The molecule has 0 unspecified atom stereocenters. The van der Waals surface area contributed by atoms with Gasteiger partial charge in [-0.05, 0) is 49.6 Å². The molecule has 0 saturated carbocycles. The molecule has 2 N–H and O–H groups in total. The highest BCUT2D eigenvalue weighted by Crippen LogP contribution is 2.50. The highest BCUT2D eigenvalue weighted by Gasteiger charge is 2.29. The number of hydrogen-bond donors (Lipinski definition) is 2. The molecule has 2 aromatic rings. The zero-order valence-corrected chi connectivity index (χ0v) is 19.7. The molecule has 1 amide bonds. The number of pyridine rings is 1. The molecule has 0 fully saturated rings. The Morgan fingerprint density at radius 1 is 1.34 bits per heavy atom. The monoisotopic (exact) mass is 434 g/mol. The van der Waals surface area contributed by atoms with Gasteiger partial charge >= 0.3 is 0 Å². The van der Waals surface area contributed by atoms with Crippen LogP contribution in [0, 0.1) is 11.3 Å². The summed E-state index contributed by atoms with van der Waals surface area (Å²) < 4.78 is 11.8. The van der Waals surface area contributed by atoms with Crippen molar-refractivity contribution in [2.24, 2.45) is 0 Å². The number of nitrogens with one attached hydrogen (secondary N) is 2. The van der Waals surface area contributed by atoms with Crippen LogP contribution in [0.2, 0.25) is 0 Å². The summed E-state index contributed by atoms with van der Waals surface area (Å²) in [5.74, 6) is 1.36. The number of nitrogens with zero attached hydrogens (tertiary/aromatic N) is 2. The van der Waals surface area contributed by atoms with Crippen LogP contribution >= 0.6 is 0 Å². The van der Waals surface area contributed by atoms with Crippen molar-refractivity contribution in [1.82, 2.24) is 10.3 Å². The lowest BCUT2D eigenvalue weighted by Gasteiger charge is -2.27. The van der Waals surface area contributed by atoms with E-state index < -0.39 is 0 Å². The van der Waals surface area contributed by atoms with Gasteiger partial charge in [0.25, 0.3) is 5.91 Å². The molecule has 0 atom stereocenters. The number of carbonyl (C=O) groups is 1. The third-order valence-corrected chi connectivity index (χ3v) is 4.91. The van der Waals surface area contributed by atoms with Crippen molar-refractivity contribution in [1.29, 1.82) is 5.26 Å². The van der Waals surface area contributed by atoms with Crippen LogP contribution in [0.5, 0.6) is 17.2 Å². The number of methoxy groups -OCH3 is 1. The maximum Gasteiger partial charge on any atom is 0.254 e. The predicted octanol–water partition coefficient (Wildman–Crippen LogP) is 5.76. The molecule has 0 spiro atoms. The Labute approximate surface area is 189 Å². The highest BCUT2D eigenvalue weighted by molar-refractivity contribution is 6.03. The molecular formula is C25H30N4O3. The largest absolute Gasteiger partial charge is 0.494 e. The third-order valence-electron chi connectivity index (χ3n) is 4.91. The van der Waals surface area contributed by atoms with Gasteiger partial charge in [0, 0.05) is 18.8 Å². The van der Waals surface area contributed by atoms with E-state index in [-0.39, 0.29) is 5.91 Å². The van der Waals surface area contributed by atoms with E-state index in [1.165, 1.54) is 6.20 Å². The van der Waals surface area contributed by atoms with Gasteiger partial charge in [0.1, 0.15) is 17.1 Å². The Hall–Kier alpha value is -3.79. The summed E-state index contributed by atoms with van der Waals surface area (Å²) in [4.78, 5) is 16.9. The van der Waals surface area contributed by atoms with Gasteiger partial charge in [-0.25, -0.2) is 0 Å². The van der Waals surface area contributed by atoms with Crippen LogP contribution in [-0.4, -0.2) is 25.0 Å². The predicted molar refractivity (Wildman–Crippen MR) is 128 cm³/mol. The number of anilines is 2. The van der Waals surface area contributed by atoms with E-state index in [4.69, 9.17) is 9.47 Å². The lowest BCUT2D eigenvalue weighted by Crippen LogP contribution is -2.21. The SMILES string of the molecule is C/C=C(C#N)\C=C(/C)c1ncc(C(=O)NC)c2c1Oc1cc(CC)cc(OC)c1N2.CC. The Morgan fingerprint density at radius 2 is 2.06 bits per heavy atom. The molecule has 7 nitrogen and oxygen atoms in total. The maximum absolute atomic E-state index is 12.5. The smallest absolute Gasteiger partial charge is 0.254 e. The minimum Gasteiger partial charge on any atom is -0.494 e. The molecule has 0 saturated heterocycles. The molecular weight excluding hydrogens is 404 g/mol. The normalized spacial score (nSPS) is 12.1. The van der Waals surface area contributed by atoms with Gasteiger partial charge in [-0.2, -0.15) is 5.26 Å². The summed E-state index contributed by atoms with van der Waals surface area (Å²) in [5, 5.41) is 15.2. The fourth-order valence-electron chi connectivity index (χ4n) is 3.23. The minimum absolute atomic E-state index is 0.290. The third kappa shape index (κ3) is 4.75. The molecule has 1 aromatic carbocycles. The first kappa shape index (κ1) is 24.5. The lowest BCUT2D eigenvalue weighted by molar-refractivity contribution is 0.0963. The first-order valence-electron chi connectivity index (χ1n) is 10.6. The number of carbonyl (C=O) groups excluding carboxylic acids is 1. The number of benzene rings is 1. The van der Waals surface area contributed by atoms with Gasteiger partial charge in [-0.1, -0.05) is 26.8 Å². The lowest BCUT2D eigenvalue weighted by atomic mass is 10.0. The number of aromatic nitrogens is 1. The molecule has 3 rings (SSSR count). The summed E-state index contributed by atoms with van der Waals surface area (Å²) in [5.41, 5.74) is 4.36. The molecule has 7 heteroatoms. The Morgan fingerprint density at radius 3 is 2.62 bits per heavy atom. The van der Waals surface area contributed by atoms with Gasteiger partial charge in [-0.3, -0.25) is 9.78 Å². The molecule has 1 aliphatic heterocycles. The molecule has 1 aliphatic rings. The van der Waals surface area contributed by atoms with E-state index in [9.17, 15) is 10.1 Å². The van der Waals surface area contributed by atoms with Crippen LogP contribution in [0.4, 0.5) is 11.4 Å². The number of fused-ring (bicyclic) bond motifs is 2. The number of nitriles is 1. The molecule has 2 heterocycles. The summed E-state index contributed by atoms with van der Waals surface area (Å²) >= 11 is 0. The Kier molecular flexibility index (Phi) is 8.42. The van der Waals surface area contributed by atoms with Gasteiger partial charge in [0.05, 0.1) is 24.4 Å². The van der Waals surface area contributed by atoms with Crippen molar-refractivity contribution in [3.8, 4) is 23.3 Å². The van der Waals surface area contributed by atoms with E-state index in [0.29, 0.717) is 45.5 Å². The molecule has 168 valence electrons. The summed E-state index contributed by atoms with van der Waals surface area (Å²) in [6.45, 7) is 9.70. The standard InChI is InChI=1S/C23H24N4O3.C2H6/c1-6-14-9-17(29-5)21-18(10-14)30-22-19(13(3)8-15(7-2)11-24)26-12-16(20(22)27-21)23(28)25-4;1-2/h7-10,12,27H,6H2,1-5H3,(H,25,28);1-2H3/b13-8+,15-7+;. The van der Waals surface area contributed by atoms with E-state index in [1.807, 2.05) is 32.9 Å². The van der Waals surface area contributed by atoms with Gasteiger partial charge in [0.2, 0.25) is 0 Å². The van der Waals surface area contributed by atoms with Crippen LogP contribution in [0.15, 0.2) is 36.1 Å². The second-order valence-electron chi connectivity index (χ2n) is 6.74. The average molecular weight is 435 g/mol. The number of allylic oxidation sites excluding steroid dienone is 4. The number of hydrogen-bond acceptors (Lipinski definition) is 6. The number of ether oxygens (including phenoxy) is 2. The second kappa shape index (κ2) is 11.0. The van der Waals surface area contributed by atoms with E-state index in [1.54, 1.807) is 33.2 Å². The molecule has 1 aromatic heterocycles. The topological polar surface area (TPSA) is 96.3 Å². The Balaban J connectivity index is 0.00000176. The van der Waals surface area contributed by atoms with E-state index in [0.717, 1.165) is 17.6 Å². The summed E-state index contributed by atoms with van der Waals surface area (Å²) in [6, 6.07) is 6.02. The second-order valence-corrected chi connectivity index (χ2v) is 6.74. The highest BCUT2D eigenvalue weighted by atomic mass is 16.5. The average Bonchev–Trinajstić information content (AvgIpc) is 2.85. The molecule has 0 aliphatic carbocycles. The summed E-state index contributed by atoms with van der Waals surface area (Å²) in [6.07, 6.45) is 5.78. The van der Waals surface area contributed by atoms with Gasteiger partial charge < -0.3 is 20.1 Å². The molecule has 0 bridgehead atoms. The van der Waals surface area contributed by atoms with Crippen LogP contribution < -0.4 is 20.1 Å². The number of aryl methyl sites for hydroxylation is 1. The van der Waals surface area contributed by atoms with Crippen molar-refractivity contribution in [2.45, 2.75) is 41.0 Å².